The number of rotatable bonds is 4. The molecule has 0 unspecified atom stereocenters. The van der Waals surface area contributed by atoms with Gasteiger partial charge in [-0.25, -0.2) is 13.4 Å². The number of sulfonamides is 1. The van der Waals surface area contributed by atoms with E-state index >= 15 is 0 Å². The number of pyridine rings is 1. The molecule has 11 heteroatoms. The molecular weight excluding hydrogens is 494 g/mol. The minimum absolute atomic E-state index is 0.261. The molecule has 0 aromatic carbocycles. The van der Waals surface area contributed by atoms with Crippen LogP contribution in [0.5, 0.6) is 0 Å². The van der Waals surface area contributed by atoms with Crippen molar-refractivity contribution in [2.45, 2.75) is 63.9 Å². The third-order valence-corrected chi connectivity index (χ3v) is 7.50. The third kappa shape index (κ3) is 6.00. The summed E-state index contributed by atoms with van der Waals surface area (Å²) >= 11 is 0. The molecule has 0 bridgehead atoms. The van der Waals surface area contributed by atoms with E-state index in [1.807, 2.05) is 0 Å². The number of hydrogen-bond donors (Lipinski definition) is 2. The number of aliphatic hydroxyl groups is 1. The predicted octanol–water partition coefficient (Wildman–Crippen LogP) is 3.15. The Morgan fingerprint density at radius 1 is 1.31 bits per heavy atom. The van der Waals surface area contributed by atoms with Crippen molar-refractivity contribution in [3.8, 4) is 11.5 Å². The number of fused-ring (bicyclic) bond motifs is 1. The zero-order valence-corrected chi connectivity index (χ0v) is 23.0. The minimum Gasteiger partial charge on any atom is -0.388 e. The second-order valence-corrected chi connectivity index (χ2v) is 17.0. The average molecular weight is 526 g/mol. The first-order chi connectivity index (χ1) is 16.7. The molecule has 2 aliphatic carbocycles. The summed E-state index contributed by atoms with van der Waals surface area (Å²) < 4.78 is 28.1. The molecule has 1 fully saturated rings. The van der Waals surface area contributed by atoms with E-state index in [0.29, 0.717) is 47.3 Å². The van der Waals surface area contributed by atoms with Crippen molar-refractivity contribution >= 4 is 40.8 Å². The van der Waals surface area contributed by atoms with E-state index in [4.69, 9.17) is 0 Å². The maximum atomic E-state index is 13.6. The van der Waals surface area contributed by atoms with Crippen LogP contribution in [0.2, 0.25) is 19.6 Å². The molecule has 2 heterocycles. The summed E-state index contributed by atoms with van der Waals surface area (Å²) in [6, 6.07) is 1.30. The highest BCUT2D eigenvalue weighted by Gasteiger charge is 2.39. The molecule has 190 valence electrons. The van der Waals surface area contributed by atoms with Gasteiger partial charge in [0.1, 0.15) is 13.7 Å². The van der Waals surface area contributed by atoms with Crippen molar-refractivity contribution in [2.24, 2.45) is 4.40 Å². The topological polar surface area (TPSA) is 127 Å². The molecule has 9 nitrogen and oxygen atoms in total. The van der Waals surface area contributed by atoms with E-state index in [2.05, 4.69) is 50.8 Å². The fourth-order valence-corrected chi connectivity index (χ4v) is 5.46. The van der Waals surface area contributed by atoms with Gasteiger partial charge in [-0.1, -0.05) is 31.6 Å². The summed E-state index contributed by atoms with van der Waals surface area (Å²) in [7, 11) is -5.18. The normalized spacial score (nSPS) is 23.4. The molecule has 2 atom stereocenters. The van der Waals surface area contributed by atoms with E-state index in [1.165, 1.54) is 0 Å². The van der Waals surface area contributed by atoms with E-state index < -0.39 is 29.7 Å². The largest absolute Gasteiger partial charge is 0.388 e. The van der Waals surface area contributed by atoms with Crippen LogP contribution in [0.25, 0.3) is 11.0 Å². The Morgan fingerprint density at radius 2 is 2.06 bits per heavy atom. The van der Waals surface area contributed by atoms with Crippen LogP contribution in [0, 0.1) is 11.5 Å². The van der Waals surface area contributed by atoms with Gasteiger partial charge in [-0.05, 0) is 44.4 Å². The summed E-state index contributed by atoms with van der Waals surface area (Å²) in [5.41, 5.74) is 3.90. The Bertz CT molecular complexity index is 1540. The van der Waals surface area contributed by atoms with Gasteiger partial charge >= 0.3 is 0 Å². The second kappa shape index (κ2) is 9.42. The van der Waals surface area contributed by atoms with Crippen LogP contribution in [-0.4, -0.2) is 53.7 Å². The number of aromatic nitrogens is 3. The van der Waals surface area contributed by atoms with Crippen LogP contribution in [0.1, 0.15) is 44.2 Å². The Morgan fingerprint density at radius 3 is 2.64 bits per heavy atom. The smallest absolute Gasteiger partial charge is 0.268 e. The molecule has 0 aliphatic heterocycles. The van der Waals surface area contributed by atoms with Crippen molar-refractivity contribution < 1.29 is 13.5 Å². The molecule has 1 saturated carbocycles. The van der Waals surface area contributed by atoms with Crippen LogP contribution >= 0.6 is 0 Å². The van der Waals surface area contributed by atoms with Crippen LogP contribution in [0.15, 0.2) is 45.4 Å². The Kier molecular flexibility index (Phi) is 6.81. The molecule has 2 aliphatic rings. The molecule has 36 heavy (non-hydrogen) atoms. The molecule has 0 amide bonds. The molecule has 2 aromatic rings. The van der Waals surface area contributed by atoms with Crippen molar-refractivity contribution in [1.29, 1.82) is 0 Å². The lowest BCUT2D eigenvalue weighted by Crippen LogP contribution is -2.38. The van der Waals surface area contributed by atoms with Crippen molar-refractivity contribution in [1.82, 2.24) is 14.5 Å². The summed E-state index contributed by atoms with van der Waals surface area (Å²) in [4.78, 5) is 22.7. The predicted molar refractivity (Wildman–Crippen MR) is 145 cm³/mol. The Labute approximate surface area is 212 Å². The van der Waals surface area contributed by atoms with E-state index in [-0.39, 0.29) is 11.5 Å². The molecule has 2 aromatic heterocycles. The van der Waals surface area contributed by atoms with Crippen molar-refractivity contribution in [2.75, 3.05) is 11.6 Å². The summed E-state index contributed by atoms with van der Waals surface area (Å²) in [5.74, 6) is 3.38. The zero-order chi connectivity index (χ0) is 26.3. The summed E-state index contributed by atoms with van der Waals surface area (Å²) in [6.45, 7) is 8.11. The fraction of sp³-hybridized carbons (Fsp3) is 0.440. The van der Waals surface area contributed by atoms with Gasteiger partial charge < -0.3 is 10.4 Å². The Balaban J connectivity index is 1.77. The highest BCUT2D eigenvalue weighted by molar-refractivity contribution is 7.89. The van der Waals surface area contributed by atoms with Crippen LogP contribution < -0.4 is 10.9 Å². The number of nitrogens with zero attached hydrogens (tertiary/aromatic N) is 4. The van der Waals surface area contributed by atoms with E-state index in [1.54, 1.807) is 42.0 Å². The molecule has 0 saturated heterocycles. The third-order valence-electron chi connectivity index (χ3n) is 6.06. The van der Waals surface area contributed by atoms with E-state index in [0.717, 1.165) is 12.7 Å². The number of nitrogens with one attached hydrogen (secondary N) is 1. The van der Waals surface area contributed by atoms with Gasteiger partial charge in [-0.15, -0.1) is 5.54 Å². The van der Waals surface area contributed by atoms with Gasteiger partial charge in [-0.2, -0.15) is 9.38 Å². The van der Waals surface area contributed by atoms with Gasteiger partial charge in [0, 0.05) is 23.7 Å². The lowest BCUT2D eigenvalue weighted by molar-refractivity contribution is 0.0266. The molecule has 2 N–H and O–H groups in total. The fourth-order valence-electron chi connectivity index (χ4n) is 4.39. The first-order valence-electron chi connectivity index (χ1n) is 11.8. The molecule has 4 rings (SSSR count). The second-order valence-electron chi connectivity index (χ2n) is 10.6. The van der Waals surface area contributed by atoms with Crippen molar-refractivity contribution in [3.63, 3.8) is 0 Å². The van der Waals surface area contributed by atoms with Crippen LogP contribution in [-0.2, 0) is 10.0 Å². The van der Waals surface area contributed by atoms with Crippen LogP contribution in [0.4, 0.5) is 5.95 Å². The lowest BCUT2D eigenvalue weighted by atomic mass is 9.99. The highest BCUT2D eigenvalue weighted by Crippen LogP contribution is 2.39. The van der Waals surface area contributed by atoms with Gasteiger partial charge in [0.25, 0.3) is 5.56 Å². The number of hydrogen-bond acceptors (Lipinski definition) is 7. The number of anilines is 1. The van der Waals surface area contributed by atoms with E-state index in [9.17, 15) is 18.3 Å². The summed E-state index contributed by atoms with van der Waals surface area (Å²) in [6.07, 6.45) is 10.2. The average Bonchev–Trinajstić information content (AvgIpc) is 3.11. The monoisotopic (exact) mass is 525 g/mol. The summed E-state index contributed by atoms with van der Waals surface area (Å²) in [5, 5.41) is 14.8. The number of allylic oxidation sites excluding steroid dienone is 3. The van der Waals surface area contributed by atoms with Gasteiger partial charge in [0.15, 0.2) is 0 Å². The Hall–Kier alpha value is -3.07. The van der Waals surface area contributed by atoms with Crippen LogP contribution in [0.3, 0.4) is 0 Å². The zero-order valence-electron chi connectivity index (χ0n) is 21.2. The van der Waals surface area contributed by atoms with Gasteiger partial charge in [-0.3, -0.25) is 9.36 Å². The molecular formula is C25H31N5O4SSi. The first kappa shape index (κ1) is 26.0. The maximum Gasteiger partial charge on any atom is 0.268 e. The molecule has 0 spiro atoms. The highest BCUT2D eigenvalue weighted by atomic mass is 32.2. The molecule has 0 radical (unpaired) electrons. The van der Waals surface area contributed by atoms with Crippen molar-refractivity contribution in [3.05, 3.63) is 52.1 Å². The standard InChI is InChI=1S/C25H31N5O4SSi/c1-25(32)13-6-7-21(25)30-22-18(15-17(23(30)31)12-14-36(3,4)5)16-26-24(28-22)27-19-8-10-20(11-9-19)29-35(2,33)34/h8-10,15-16,21,32H,6-7,11,13H2,1-5H3,(H,26,27,28)/t21-,25-/m1/s1. The van der Waals surface area contributed by atoms with Gasteiger partial charge in [0.2, 0.25) is 16.0 Å². The SMILES string of the molecule is C[C@@]1(O)CCC[C@H]1n1c(=O)c(C#C[Si](C)(C)C)cc2cnc(NC3=CCC(=NS(C)(=O)=O)C=C3)nc21. The maximum absolute atomic E-state index is 13.6. The lowest BCUT2D eigenvalue weighted by Gasteiger charge is -2.28. The quantitative estimate of drug-likeness (QED) is 0.464. The van der Waals surface area contributed by atoms with Gasteiger partial charge in [0.05, 0.1) is 29.2 Å². The minimum atomic E-state index is -3.47. The first-order valence-corrected chi connectivity index (χ1v) is 17.2.